The molecule has 110 valence electrons. The number of esters is 1. The number of hydrogen-bond donors (Lipinski definition) is 1. The second kappa shape index (κ2) is 6.06. The fraction of sp³-hybridized carbons (Fsp3) is 0.188. The first-order valence-electron chi connectivity index (χ1n) is 6.41. The number of ether oxygens (including phenoxy) is 1. The second-order valence-electron chi connectivity index (χ2n) is 4.79. The van der Waals surface area contributed by atoms with E-state index in [0.29, 0.717) is 22.0 Å². The van der Waals surface area contributed by atoms with E-state index in [9.17, 15) is 4.79 Å². The van der Waals surface area contributed by atoms with Crippen LogP contribution >= 0.6 is 11.6 Å². The van der Waals surface area contributed by atoms with Gasteiger partial charge in [0.05, 0.1) is 23.4 Å². The number of benzene rings is 2. The summed E-state index contributed by atoms with van der Waals surface area (Å²) in [6, 6.07) is 11.1. The molecule has 0 heterocycles. The largest absolute Gasteiger partial charge is 0.465 e. The van der Waals surface area contributed by atoms with Gasteiger partial charge < -0.3 is 15.4 Å². The van der Waals surface area contributed by atoms with Crippen molar-refractivity contribution in [1.82, 2.24) is 0 Å². The molecule has 2 aromatic carbocycles. The van der Waals surface area contributed by atoms with E-state index < -0.39 is 5.97 Å². The zero-order chi connectivity index (χ0) is 15.6. The van der Waals surface area contributed by atoms with E-state index in [1.54, 1.807) is 12.1 Å². The first-order valence-corrected chi connectivity index (χ1v) is 6.79. The smallest absolute Gasteiger partial charge is 0.340 e. The van der Waals surface area contributed by atoms with Gasteiger partial charge in [0.1, 0.15) is 0 Å². The summed E-state index contributed by atoms with van der Waals surface area (Å²) >= 11 is 6.29. The van der Waals surface area contributed by atoms with Crippen molar-refractivity contribution in [2.24, 2.45) is 0 Å². The van der Waals surface area contributed by atoms with Crippen LogP contribution in [0.2, 0.25) is 5.02 Å². The van der Waals surface area contributed by atoms with Crippen molar-refractivity contribution >= 4 is 34.6 Å². The van der Waals surface area contributed by atoms with Gasteiger partial charge in [0, 0.05) is 18.4 Å². The highest BCUT2D eigenvalue weighted by Crippen LogP contribution is 2.36. The van der Waals surface area contributed by atoms with Gasteiger partial charge in [-0.05, 0) is 36.8 Å². The van der Waals surface area contributed by atoms with E-state index in [2.05, 4.69) is 0 Å². The lowest BCUT2D eigenvalue weighted by molar-refractivity contribution is 0.0601. The molecule has 4 nitrogen and oxygen atoms in total. The molecule has 0 unspecified atom stereocenters. The fourth-order valence-electron chi connectivity index (χ4n) is 2.19. The number of aryl methyl sites for hydroxylation is 1. The summed E-state index contributed by atoms with van der Waals surface area (Å²) in [5.41, 5.74) is 9.14. The molecule has 2 aromatic rings. The first kappa shape index (κ1) is 15.2. The lowest BCUT2D eigenvalue weighted by Crippen LogP contribution is -2.16. The van der Waals surface area contributed by atoms with Crippen LogP contribution in [0.1, 0.15) is 15.9 Å². The topological polar surface area (TPSA) is 55.6 Å². The van der Waals surface area contributed by atoms with Gasteiger partial charge in [-0.3, -0.25) is 0 Å². The molecule has 0 saturated heterocycles. The summed E-state index contributed by atoms with van der Waals surface area (Å²) in [5, 5.41) is 0.402. The Morgan fingerprint density at radius 2 is 2.00 bits per heavy atom. The predicted molar refractivity (Wildman–Crippen MR) is 86.4 cm³/mol. The maximum absolute atomic E-state index is 12.0. The van der Waals surface area contributed by atoms with Gasteiger partial charge in [-0.25, -0.2) is 4.79 Å². The number of rotatable bonds is 3. The maximum Gasteiger partial charge on any atom is 0.340 e. The van der Waals surface area contributed by atoms with E-state index in [1.165, 1.54) is 7.11 Å². The molecule has 0 aliphatic heterocycles. The van der Waals surface area contributed by atoms with Gasteiger partial charge >= 0.3 is 5.97 Å². The first-order chi connectivity index (χ1) is 9.93. The molecule has 0 amide bonds. The maximum atomic E-state index is 12.0. The number of halogens is 1. The quantitative estimate of drug-likeness (QED) is 0.692. The van der Waals surface area contributed by atoms with Crippen LogP contribution in [0.5, 0.6) is 0 Å². The van der Waals surface area contributed by atoms with Crippen LogP contribution in [0.25, 0.3) is 0 Å². The van der Waals surface area contributed by atoms with Gasteiger partial charge in [0.15, 0.2) is 0 Å². The van der Waals surface area contributed by atoms with Crippen LogP contribution in [-0.2, 0) is 4.74 Å². The Kier molecular flexibility index (Phi) is 4.38. The number of carbonyl (C=O) groups excluding carboxylic acids is 1. The molecule has 0 radical (unpaired) electrons. The molecule has 21 heavy (non-hydrogen) atoms. The molecule has 0 spiro atoms. The third-order valence-corrected chi connectivity index (χ3v) is 3.50. The highest BCUT2D eigenvalue weighted by molar-refractivity contribution is 6.34. The second-order valence-corrected chi connectivity index (χ2v) is 5.20. The standard InChI is InChI=1S/C16H17ClN2O2/c1-10-5-4-6-12(7-10)19(2)15-13(16(20)21-3)8-11(18)9-14(15)17/h4-9H,18H2,1-3H3. The van der Waals surface area contributed by atoms with Crippen molar-refractivity contribution in [2.75, 3.05) is 24.8 Å². The molecular formula is C16H17ClN2O2. The van der Waals surface area contributed by atoms with Crippen molar-refractivity contribution in [3.8, 4) is 0 Å². The molecule has 0 atom stereocenters. The highest BCUT2D eigenvalue weighted by Gasteiger charge is 2.20. The van der Waals surface area contributed by atoms with E-state index in [-0.39, 0.29) is 0 Å². The van der Waals surface area contributed by atoms with Gasteiger partial charge in [-0.15, -0.1) is 0 Å². The summed E-state index contributed by atoms with van der Waals surface area (Å²) < 4.78 is 4.82. The Morgan fingerprint density at radius 3 is 2.62 bits per heavy atom. The van der Waals surface area contributed by atoms with E-state index in [0.717, 1.165) is 11.3 Å². The Morgan fingerprint density at radius 1 is 1.29 bits per heavy atom. The van der Waals surface area contributed by atoms with Gasteiger partial charge in [0.2, 0.25) is 0 Å². The van der Waals surface area contributed by atoms with Gasteiger partial charge in [-0.2, -0.15) is 0 Å². The van der Waals surface area contributed by atoms with Crippen molar-refractivity contribution in [3.63, 3.8) is 0 Å². The molecule has 0 aromatic heterocycles. The number of methoxy groups -OCH3 is 1. The number of anilines is 3. The number of nitrogens with zero attached hydrogens (tertiary/aromatic N) is 1. The minimum atomic E-state index is -0.473. The third-order valence-electron chi connectivity index (χ3n) is 3.22. The Hall–Kier alpha value is -2.20. The Balaban J connectivity index is 2.59. The number of nitrogen functional groups attached to an aromatic ring is 1. The van der Waals surface area contributed by atoms with Crippen LogP contribution in [0.15, 0.2) is 36.4 Å². The molecule has 0 aliphatic carbocycles. The molecule has 0 saturated carbocycles. The average Bonchev–Trinajstić information content (AvgIpc) is 2.45. The van der Waals surface area contributed by atoms with Crippen LogP contribution in [0.3, 0.4) is 0 Å². The van der Waals surface area contributed by atoms with E-state index >= 15 is 0 Å². The number of nitrogens with two attached hydrogens (primary N) is 1. The lowest BCUT2D eigenvalue weighted by Gasteiger charge is -2.24. The number of carbonyl (C=O) groups is 1. The Bertz CT molecular complexity index is 686. The SMILES string of the molecule is COC(=O)c1cc(N)cc(Cl)c1N(C)c1cccc(C)c1. The number of hydrogen-bond acceptors (Lipinski definition) is 4. The van der Waals surface area contributed by atoms with Crippen molar-refractivity contribution < 1.29 is 9.53 Å². The summed E-state index contributed by atoms with van der Waals surface area (Å²) in [7, 11) is 3.18. The van der Waals surface area contributed by atoms with Crippen LogP contribution in [0, 0.1) is 6.92 Å². The summed E-state index contributed by atoms with van der Waals surface area (Å²) in [5.74, 6) is -0.473. The van der Waals surface area contributed by atoms with Gasteiger partial charge in [0.25, 0.3) is 0 Å². The molecule has 0 aliphatic rings. The molecule has 2 N–H and O–H groups in total. The van der Waals surface area contributed by atoms with E-state index in [4.69, 9.17) is 22.1 Å². The summed E-state index contributed by atoms with van der Waals surface area (Å²) in [4.78, 5) is 13.8. The Labute approximate surface area is 129 Å². The monoisotopic (exact) mass is 304 g/mol. The lowest BCUT2D eigenvalue weighted by atomic mass is 10.1. The fourth-order valence-corrected chi connectivity index (χ4v) is 2.55. The van der Waals surface area contributed by atoms with Crippen molar-refractivity contribution in [3.05, 3.63) is 52.5 Å². The summed E-state index contributed by atoms with van der Waals surface area (Å²) in [6.45, 7) is 2.00. The predicted octanol–water partition coefficient (Wildman–Crippen LogP) is 3.79. The molecule has 0 fully saturated rings. The van der Waals surface area contributed by atoms with Crippen LogP contribution in [0.4, 0.5) is 17.1 Å². The van der Waals surface area contributed by atoms with Gasteiger partial charge in [-0.1, -0.05) is 23.7 Å². The highest BCUT2D eigenvalue weighted by atomic mass is 35.5. The third kappa shape index (κ3) is 3.11. The van der Waals surface area contributed by atoms with E-state index in [1.807, 2.05) is 43.1 Å². The van der Waals surface area contributed by atoms with Crippen LogP contribution in [-0.4, -0.2) is 20.1 Å². The summed E-state index contributed by atoms with van der Waals surface area (Å²) in [6.07, 6.45) is 0. The molecular weight excluding hydrogens is 288 g/mol. The zero-order valence-corrected chi connectivity index (χ0v) is 12.9. The minimum Gasteiger partial charge on any atom is -0.465 e. The normalized spacial score (nSPS) is 10.3. The zero-order valence-electron chi connectivity index (χ0n) is 12.2. The molecule has 0 bridgehead atoms. The molecule has 5 heteroatoms. The molecule has 2 rings (SSSR count). The van der Waals surface area contributed by atoms with Crippen molar-refractivity contribution in [2.45, 2.75) is 6.92 Å². The minimum absolute atomic E-state index is 0.339. The average molecular weight is 305 g/mol. The van der Waals surface area contributed by atoms with Crippen LogP contribution < -0.4 is 10.6 Å². The van der Waals surface area contributed by atoms with Crippen molar-refractivity contribution in [1.29, 1.82) is 0 Å².